The summed E-state index contributed by atoms with van der Waals surface area (Å²) < 4.78 is 0. The zero-order chi connectivity index (χ0) is 11.6. The number of nitrogens with one attached hydrogen (secondary N) is 1. The van der Waals surface area contributed by atoms with Gasteiger partial charge in [0.1, 0.15) is 0 Å². The Morgan fingerprint density at radius 3 is 2.53 bits per heavy atom. The van der Waals surface area contributed by atoms with Crippen molar-refractivity contribution in [3.05, 3.63) is 23.8 Å². The number of nitrogens with two attached hydrogens (primary N) is 1. The normalized spacial score (nSPS) is 41.4. The molecule has 0 radical (unpaired) electrons. The van der Waals surface area contributed by atoms with Crippen molar-refractivity contribution in [3.8, 4) is 0 Å². The lowest BCUT2D eigenvalue weighted by Crippen LogP contribution is -2.12. The third-order valence-electron chi connectivity index (χ3n) is 5.35. The summed E-state index contributed by atoms with van der Waals surface area (Å²) in [6.45, 7) is 2.06. The first kappa shape index (κ1) is 9.81. The van der Waals surface area contributed by atoms with E-state index in [-0.39, 0.29) is 0 Å². The van der Waals surface area contributed by atoms with Gasteiger partial charge in [-0.15, -0.1) is 0 Å². The largest absolute Gasteiger partial charge is 0.398 e. The number of benzene rings is 1. The molecule has 0 aromatic heterocycles. The molecule has 4 unspecified atom stereocenters. The Morgan fingerprint density at radius 1 is 1.18 bits per heavy atom. The molecule has 17 heavy (non-hydrogen) atoms. The van der Waals surface area contributed by atoms with E-state index in [2.05, 4.69) is 30.4 Å². The predicted molar refractivity (Wildman–Crippen MR) is 70.8 cm³/mol. The molecule has 2 nitrogen and oxygen atoms in total. The van der Waals surface area contributed by atoms with Gasteiger partial charge < -0.3 is 11.1 Å². The van der Waals surface area contributed by atoms with Crippen molar-refractivity contribution in [1.82, 2.24) is 0 Å². The molecule has 3 fully saturated rings. The summed E-state index contributed by atoms with van der Waals surface area (Å²) in [6.07, 6.45) is 4.49. The minimum atomic E-state index is 0.753. The van der Waals surface area contributed by atoms with Gasteiger partial charge in [-0.05, 0) is 67.6 Å². The first-order valence-electron chi connectivity index (χ1n) is 6.87. The van der Waals surface area contributed by atoms with Gasteiger partial charge >= 0.3 is 0 Å². The quantitative estimate of drug-likeness (QED) is 0.764. The molecule has 3 aliphatic carbocycles. The van der Waals surface area contributed by atoms with Crippen molar-refractivity contribution >= 4 is 11.4 Å². The van der Waals surface area contributed by atoms with Gasteiger partial charge in [0.2, 0.25) is 0 Å². The van der Waals surface area contributed by atoms with Crippen LogP contribution < -0.4 is 11.1 Å². The Bertz CT molecular complexity index is 452. The Kier molecular flexibility index (Phi) is 1.84. The lowest BCUT2D eigenvalue weighted by atomic mass is 10.0. The summed E-state index contributed by atoms with van der Waals surface area (Å²) in [5, 5.41) is 3.71. The molecule has 2 bridgehead atoms. The summed E-state index contributed by atoms with van der Waals surface area (Å²) in [4.78, 5) is 0. The first-order chi connectivity index (χ1) is 8.24. The smallest absolute Gasteiger partial charge is 0.0364 e. The maximum Gasteiger partial charge on any atom is 0.0364 e. The van der Waals surface area contributed by atoms with E-state index in [0.29, 0.717) is 0 Å². The van der Waals surface area contributed by atoms with Crippen molar-refractivity contribution in [2.75, 3.05) is 11.1 Å². The molecule has 3 saturated carbocycles. The Labute approximate surface area is 103 Å². The molecule has 0 saturated heterocycles. The Morgan fingerprint density at radius 2 is 1.88 bits per heavy atom. The number of aryl methyl sites for hydroxylation is 1. The second kappa shape index (κ2) is 3.18. The van der Waals surface area contributed by atoms with Crippen LogP contribution in [0.1, 0.15) is 24.8 Å². The Hall–Kier alpha value is -1.18. The highest BCUT2D eigenvalue weighted by molar-refractivity contribution is 5.59. The average molecular weight is 228 g/mol. The Balaban J connectivity index is 1.51. The van der Waals surface area contributed by atoms with Crippen LogP contribution in [0.25, 0.3) is 0 Å². The third-order valence-corrected chi connectivity index (χ3v) is 5.35. The zero-order valence-corrected chi connectivity index (χ0v) is 10.3. The fourth-order valence-electron chi connectivity index (χ4n) is 4.44. The summed E-state index contributed by atoms with van der Waals surface area (Å²) in [5.41, 5.74) is 9.25. The van der Waals surface area contributed by atoms with Gasteiger partial charge in [0, 0.05) is 17.4 Å². The van der Waals surface area contributed by atoms with Crippen LogP contribution >= 0.6 is 0 Å². The van der Waals surface area contributed by atoms with E-state index >= 15 is 0 Å². The number of fused-ring (bicyclic) bond motifs is 5. The molecule has 0 heterocycles. The SMILES string of the molecule is Cc1ccc(NC2C3C4CCC(C4)C23)cc1N. The van der Waals surface area contributed by atoms with E-state index in [0.717, 1.165) is 35.4 Å². The molecule has 3 aliphatic rings. The summed E-state index contributed by atoms with van der Waals surface area (Å²) in [6, 6.07) is 7.13. The van der Waals surface area contributed by atoms with Crippen LogP contribution in [0, 0.1) is 30.6 Å². The van der Waals surface area contributed by atoms with Crippen LogP contribution in [0.3, 0.4) is 0 Å². The minimum Gasteiger partial charge on any atom is -0.398 e. The van der Waals surface area contributed by atoms with Gasteiger partial charge in [-0.1, -0.05) is 6.07 Å². The summed E-state index contributed by atoms with van der Waals surface area (Å²) in [7, 11) is 0. The molecule has 0 spiro atoms. The third kappa shape index (κ3) is 1.33. The standard InChI is InChI=1S/C15H20N2/c1-8-2-5-11(7-12(8)16)17-15-13-9-3-4-10(6-9)14(13)15/h2,5,7,9-10,13-15,17H,3-4,6,16H2,1H3. The van der Waals surface area contributed by atoms with Crippen LogP contribution in [-0.4, -0.2) is 6.04 Å². The molecule has 4 rings (SSSR count). The zero-order valence-electron chi connectivity index (χ0n) is 10.3. The van der Waals surface area contributed by atoms with Gasteiger partial charge in [0.25, 0.3) is 0 Å². The molecule has 1 aromatic rings. The van der Waals surface area contributed by atoms with Crippen molar-refractivity contribution in [3.63, 3.8) is 0 Å². The van der Waals surface area contributed by atoms with E-state index in [1.165, 1.54) is 30.5 Å². The fraction of sp³-hybridized carbons (Fsp3) is 0.600. The summed E-state index contributed by atoms with van der Waals surface area (Å²) in [5.74, 6) is 4.03. The van der Waals surface area contributed by atoms with Crippen LogP contribution in [0.5, 0.6) is 0 Å². The van der Waals surface area contributed by atoms with E-state index in [1.807, 2.05) is 0 Å². The van der Waals surface area contributed by atoms with Crippen LogP contribution in [0.15, 0.2) is 18.2 Å². The lowest BCUT2D eigenvalue weighted by molar-refractivity contribution is 0.456. The van der Waals surface area contributed by atoms with Crippen LogP contribution in [-0.2, 0) is 0 Å². The first-order valence-corrected chi connectivity index (χ1v) is 6.87. The molecule has 2 heteroatoms. The van der Waals surface area contributed by atoms with E-state index in [9.17, 15) is 0 Å². The number of anilines is 2. The van der Waals surface area contributed by atoms with Gasteiger partial charge in [-0.2, -0.15) is 0 Å². The average Bonchev–Trinajstić information content (AvgIpc) is 2.73. The fourth-order valence-corrected chi connectivity index (χ4v) is 4.44. The molecule has 1 aromatic carbocycles. The molecular weight excluding hydrogens is 208 g/mol. The maximum atomic E-state index is 5.96. The van der Waals surface area contributed by atoms with Crippen molar-refractivity contribution in [2.45, 2.75) is 32.2 Å². The van der Waals surface area contributed by atoms with Crippen molar-refractivity contribution in [2.24, 2.45) is 23.7 Å². The lowest BCUT2D eigenvalue weighted by Gasteiger charge is -2.12. The van der Waals surface area contributed by atoms with Crippen molar-refractivity contribution in [1.29, 1.82) is 0 Å². The van der Waals surface area contributed by atoms with Gasteiger partial charge in [-0.25, -0.2) is 0 Å². The second-order valence-corrected chi connectivity index (χ2v) is 6.23. The molecule has 3 N–H and O–H groups in total. The molecular formula is C15H20N2. The van der Waals surface area contributed by atoms with E-state index in [1.54, 1.807) is 0 Å². The highest BCUT2D eigenvalue weighted by Crippen LogP contribution is 2.66. The second-order valence-electron chi connectivity index (χ2n) is 6.23. The van der Waals surface area contributed by atoms with Gasteiger partial charge in [0.15, 0.2) is 0 Å². The van der Waals surface area contributed by atoms with Gasteiger partial charge in [-0.3, -0.25) is 0 Å². The summed E-state index contributed by atoms with van der Waals surface area (Å²) >= 11 is 0. The predicted octanol–water partition coefficient (Wildman–Crippen LogP) is 3.03. The van der Waals surface area contributed by atoms with E-state index in [4.69, 9.17) is 5.73 Å². The topological polar surface area (TPSA) is 38.0 Å². The molecule has 4 atom stereocenters. The van der Waals surface area contributed by atoms with Crippen LogP contribution in [0.4, 0.5) is 11.4 Å². The van der Waals surface area contributed by atoms with Crippen LogP contribution in [0.2, 0.25) is 0 Å². The molecule has 90 valence electrons. The van der Waals surface area contributed by atoms with Gasteiger partial charge in [0.05, 0.1) is 0 Å². The highest BCUT2D eigenvalue weighted by Gasteiger charge is 2.64. The molecule has 0 aliphatic heterocycles. The van der Waals surface area contributed by atoms with E-state index < -0.39 is 0 Å². The highest BCUT2D eigenvalue weighted by atomic mass is 15.0. The maximum absolute atomic E-state index is 5.96. The molecule has 0 amide bonds. The number of rotatable bonds is 2. The minimum absolute atomic E-state index is 0.753. The monoisotopic (exact) mass is 228 g/mol. The number of nitrogen functional groups attached to an aromatic ring is 1. The van der Waals surface area contributed by atoms with Crippen molar-refractivity contribution < 1.29 is 0 Å². The number of hydrogen-bond donors (Lipinski definition) is 2. The number of hydrogen-bond acceptors (Lipinski definition) is 2.